The molecule has 0 bridgehead atoms. The van der Waals surface area contributed by atoms with Gasteiger partial charge in [0.15, 0.2) is 0 Å². The summed E-state index contributed by atoms with van der Waals surface area (Å²) in [6, 6.07) is 6.02. The third-order valence-electron chi connectivity index (χ3n) is 2.66. The van der Waals surface area contributed by atoms with Crippen LogP contribution in [0.5, 0.6) is 0 Å². The van der Waals surface area contributed by atoms with Crippen molar-refractivity contribution in [2.45, 2.75) is 12.8 Å². The third-order valence-corrected chi connectivity index (χ3v) is 2.66. The first kappa shape index (κ1) is 11.0. The molecule has 0 unspecified atom stereocenters. The zero-order chi connectivity index (χ0) is 11.4. The van der Waals surface area contributed by atoms with Gasteiger partial charge in [0.05, 0.1) is 6.54 Å². The highest BCUT2D eigenvalue weighted by Crippen LogP contribution is 2.24. The highest BCUT2D eigenvalue weighted by molar-refractivity contribution is 5.92. The summed E-state index contributed by atoms with van der Waals surface area (Å²) in [5.74, 6) is -0.00813. The van der Waals surface area contributed by atoms with E-state index in [1.54, 1.807) is 7.05 Å². The van der Waals surface area contributed by atoms with Crippen LogP contribution in [0.15, 0.2) is 18.2 Å². The van der Waals surface area contributed by atoms with Crippen LogP contribution < -0.4 is 16.0 Å². The van der Waals surface area contributed by atoms with E-state index >= 15 is 0 Å². The van der Waals surface area contributed by atoms with E-state index in [1.165, 1.54) is 11.3 Å². The molecule has 16 heavy (non-hydrogen) atoms. The molecule has 0 spiro atoms. The molecule has 0 aromatic heterocycles. The number of nitrogens with one attached hydrogen (secondary N) is 3. The topological polar surface area (TPSA) is 53.2 Å². The summed E-state index contributed by atoms with van der Waals surface area (Å²) < 4.78 is 0. The van der Waals surface area contributed by atoms with Crippen molar-refractivity contribution < 1.29 is 4.79 Å². The summed E-state index contributed by atoms with van der Waals surface area (Å²) >= 11 is 0. The van der Waals surface area contributed by atoms with Crippen molar-refractivity contribution >= 4 is 17.3 Å². The van der Waals surface area contributed by atoms with Gasteiger partial charge in [0, 0.05) is 17.9 Å². The molecule has 0 fully saturated rings. The zero-order valence-corrected chi connectivity index (χ0v) is 9.47. The first-order valence-corrected chi connectivity index (χ1v) is 5.61. The van der Waals surface area contributed by atoms with Crippen molar-refractivity contribution in [2.75, 3.05) is 30.8 Å². The van der Waals surface area contributed by atoms with E-state index in [1.807, 2.05) is 12.1 Å². The Morgan fingerprint density at radius 1 is 1.50 bits per heavy atom. The zero-order valence-electron chi connectivity index (χ0n) is 9.47. The molecule has 86 valence electrons. The van der Waals surface area contributed by atoms with Crippen molar-refractivity contribution in [3.63, 3.8) is 0 Å². The summed E-state index contributed by atoms with van der Waals surface area (Å²) in [5, 5.41) is 9.03. The molecule has 0 aliphatic carbocycles. The molecule has 3 N–H and O–H groups in total. The number of anilines is 2. The largest absolute Gasteiger partial charge is 0.385 e. The van der Waals surface area contributed by atoms with Gasteiger partial charge in [-0.1, -0.05) is 0 Å². The van der Waals surface area contributed by atoms with Gasteiger partial charge in [-0.25, -0.2) is 0 Å². The molecule has 0 radical (unpaired) electrons. The van der Waals surface area contributed by atoms with Crippen LogP contribution in [0.3, 0.4) is 0 Å². The van der Waals surface area contributed by atoms with E-state index in [4.69, 9.17) is 0 Å². The van der Waals surface area contributed by atoms with Crippen LogP contribution in [0.1, 0.15) is 12.0 Å². The lowest BCUT2D eigenvalue weighted by Gasteiger charge is -2.18. The Hall–Kier alpha value is -1.55. The van der Waals surface area contributed by atoms with Crippen molar-refractivity contribution in [3.05, 3.63) is 23.8 Å². The fraction of sp³-hybridized carbons (Fsp3) is 0.417. The van der Waals surface area contributed by atoms with Crippen LogP contribution >= 0.6 is 0 Å². The highest BCUT2D eigenvalue weighted by Gasteiger charge is 2.09. The standard InChI is InChI=1S/C12H17N3O/c1-13-8-12(16)15-10-4-5-11-9(7-10)3-2-6-14-11/h4-5,7,13-14H,2-3,6,8H2,1H3,(H,15,16). The second-order valence-corrected chi connectivity index (χ2v) is 3.98. The predicted molar refractivity (Wildman–Crippen MR) is 65.8 cm³/mol. The number of aryl methyl sites for hydroxylation is 1. The summed E-state index contributed by atoms with van der Waals surface area (Å²) in [5.41, 5.74) is 3.36. The Morgan fingerprint density at radius 2 is 2.38 bits per heavy atom. The Balaban J connectivity index is 2.08. The van der Waals surface area contributed by atoms with Gasteiger partial charge in [0.25, 0.3) is 0 Å². The van der Waals surface area contributed by atoms with E-state index in [0.29, 0.717) is 6.54 Å². The highest BCUT2D eigenvalue weighted by atomic mass is 16.1. The van der Waals surface area contributed by atoms with E-state index in [9.17, 15) is 4.79 Å². The number of amides is 1. The molecule has 0 saturated heterocycles. The van der Waals surface area contributed by atoms with Gasteiger partial charge < -0.3 is 16.0 Å². The predicted octanol–water partition coefficient (Wildman–Crippen LogP) is 1.20. The number of hydrogen-bond donors (Lipinski definition) is 3. The lowest BCUT2D eigenvalue weighted by atomic mass is 10.0. The SMILES string of the molecule is CNCC(=O)Nc1ccc2c(c1)CCCN2. The molecule has 2 rings (SSSR count). The number of hydrogen-bond acceptors (Lipinski definition) is 3. The van der Waals surface area contributed by atoms with Crippen LogP contribution in [0.4, 0.5) is 11.4 Å². The van der Waals surface area contributed by atoms with Crippen molar-refractivity contribution in [3.8, 4) is 0 Å². The number of fused-ring (bicyclic) bond motifs is 1. The minimum atomic E-state index is -0.00813. The third kappa shape index (κ3) is 2.52. The summed E-state index contributed by atoms with van der Waals surface area (Å²) in [6.45, 7) is 1.38. The maximum absolute atomic E-state index is 11.4. The molecule has 1 aromatic rings. The quantitative estimate of drug-likeness (QED) is 0.716. The number of likely N-dealkylation sites (N-methyl/N-ethyl adjacent to an activating group) is 1. The molecular weight excluding hydrogens is 202 g/mol. The average Bonchev–Trinajstić information content (AvgIpc) is 2.29. The Bertz CT molecular complexity index is 390. The van der Waals surface area contributed by atoms with Crippen LogP contribution in [-0.4, -0.2) is 26.0 Å². The molecule has 4 nitrogen and oxygen atoms in total. The summed E-state index contributed by atoms with van der Waals surface area (Å²) in [6.07, 6.45) is 2.24. The number of carbonyl (C=O) groups excluding carboxylic acids is 1. The maximum atomic E-state index is 11.4. The first-order valence-electron chi connectivity index (χ1n) is 5.61. The monoisotopic (exact) mass is 219 g/mol. The molecule has 1 heterocycles. The van der Waals surface area contributed by atoms with Gasteiger partial charge in [-0.3, -0.25) is 4.79 Å². The number of rotatable bonds is 3. The fourth-order valence-electron chi connectivity index (χ4n) is 1.92. The Morgan fingerprint density at radius 3 is 3.19 bits per heavy atom. The van der Waals surface area contributed by atoms with Gasteiger partial charge in [-0.05, 0) is 43.7 Å². The van der Waals surface area contributed by atoms with Crippen LogP contribution in [0.2, 0.25) is 0 Å². The Labute approximate surface area is 95.4 Å². The second kappa shape index (κ2) is 4.99. The van der Waals surface area contributed by atoms with Gasteiger partial charge in [-0.15, -0.1) is 0 Å². The van der Waals surface area contributed by atoms with Crippen LogP contribution in [-0.2, 0) is 11.2 Å². The molecule has 4 heteroatoms. The van der Waals surface area contributed by atoms with Crippen LogP contribution in [0, 0.1) is 0 Å². The second-order valence-electron chi connectivity index (χ2n) is 3.98. The molecule has 1 aromatic carbocycles. The fourth-order valence-corrected chi connectivity index (χ4v) is 1.92. The average molecular weight is 219 g/mol. The van der Waals surface area contributed by atoms with Crippen LogP contribution in [0.25, 0.3) is 0 Å². The van der Waals surface area contributed by atoms with E-state index < -0.39 is 0 Å². The Kier molecular flexibility index (Phi) is 3.41. The van der Waals surface area contributed by atoms with E-state index in [-0.39, 0.29) is 5.91 Å². The van der Waals surface area contributed by atoms with E-state index in [2.05, 4.69) is 22.0 Å². The molecule has 1 amide bonds. The summed E-state index contributed by atoms with van der Waals surface area (Å²) in [7, 11) is 1.76. The molecule has 1 aliphatic heterocycles. The van der Waals surface area contributed by atoms with E-state index in [0.717, 1.165) is 25.1 Å². The molecule has 1 aliphatic rings. The van der Waals surface area contributed by atoms with Crippen molar-refractivity contribution in [2.24, 2.45) is 0 Å². The van der Waals surface area contributed by atoms with Gasteiger partial charge in [-0.2, -0.15) is 0 Å². The van der Waals surface area contributed by atoms with Crippen molar-refractivity contribution in [1.82, 2.24) is 5.32 Å². The van der Waals surface area contributed by atoms with Gasteiger partial charge in [0.1, 0.15) is 0 Å². The maximum Gasteiger partial charge on any atom is 0.238 e. The number of benzene rings is 1. The lowest BCUT2D eigenvalue weighted by molar-refractivity contribution is -0.115. The normalized spacial score (nSPS) is 13.8. The minimum absolute atomic E-state index is 0.00813. The molecular formula is C12H17N3O. The number of carbonyl (C=O) groups is 1. The smallest absolute Gasteiger partial charge is 0.238 e. The minimum Gasteiger partial charge on any atom is -0.385 e. The van der Waals surface area contributed by atoms with Gasteiger partial charge >= 0.3 is 0 Å². The molecule has 0 saturated carbocycles. The molecule has 0 atom stereocenters. The van der Waals surface area contributed by atoms with Gasteiger partial charge in [0.2, 0.25) is 5.91 Å². The summed E-state index contributed by atoms with van der Waals surface area (Å²) in [4.78, 5) is 11.4. The lowest BCUT2D eigenvalue weighted by Crippen LogP contribution is -2.25. The van der Waals surface area contributed by atoms with Crippen molar-refractivity contribution in [1.29, 1.82) is 0 Å². The first-order chi connectivity index (χ1) is 7.79.